The number of nitrogens with one attached hydrogen (secondary N) is 1. The van der Waals surface area contributed by atoms with Gasteiger partial charge in [-0.2, -0.15) is 0 Å². The van der Waals surface area contributed by atoms with E-state index in [1.165, 1.54) is 5.52 Å². The van der Waals surface area contributed by atoms with Crippen LogP contribution in [-0.2, 0) is 11.8 Å². The van der Waals surface area contributed by atoms with Crippen LogP contribution in [0.4, 0.5) is 0 Å². The molecular formula is C17H27N3O. The molecule has 0 spiro atoms. The zero-order valence-electron chi connectivity index (χ0n) is 13.6. The highest BCUT2D eigenvalue weighted by Crippen LogP contribution is 2.18. The Labute approximate surface area is 127 Å². The van der Waals surface area contributed by atoms with Gasteiger partial charge in [0.05, 0.1) is 17.1 Å². The molecule has 0 fully saturated rings. The van der Waals surface area contributed by atoms with Crippen molar-refractivity contribution in [2.75, 3.05) is 19.8 Å². The van der Waals surface area contributed by atoms with Gasteiger partial charge in [0.2, 0.25) is 0 Å². The van der Waals surface area contributed by atoms with Crippen molar-refractivity contribution in [1.82, 2.24) is 14.9 Å². The van der Waals surface area contributed by atoms with E-state index in [2.05, 4.69) is 55.9 Å². The minimum absolute atomic E-state index is 0.243. The van der Waals surface area contributed by atoms with Crippen LogP contribution in [0.3, 0.4) is 0 Å². The molecular weight excluding hydrogens is 262 g/mol. The number of nitrogens with zero attached hydrogens (tertiary/aromatic N) is 2. The van der Waals surface area contributed by atoms with Gasteiger partial charge in [-0.05, 0) is 37.9 Å². The summed E-state index contributed by atoms with van der Waals surface area (Å²) < 4.78 is 7.76. The second-order valence-corrected chi connectivity index (χ2v) is 6.02. The second kappa shape index (κ2) is 7.57. The van der Waals surface area contributed by atoms with E-state index in [1.807, 2.05) is 6.07 Å². The Morgan fingerprint density at radius 2 is 2.00 bits per heavy atom. The van der Waals surface area contributed by atoms with Crippen molar-refractivity contribution in [1.29, 1.82) is 0 Å². The Balaban J connectivity index is 1.82. The highest BCUT2D eigenvalue weighted by Gasteiger charge is 2.13. The summed E-state index contributed by atoms with van der Waals surface area (Å²) in [6, 6.07) is 8.50. The van der Waals surface area contributed by atoms with Gasteiger partial charge >= 0.3 is 0 Å². The number of benzene rings is 1. The van der Waals surface area contributed by atoms with Crippen molar-refractivity contribution in [3.63, 3.8) is 0 Å². The largest absolute Gasteiger partial charge is 0.381 e. The standard InChI is InChI=1S/C17H27N3O/c1-13(2)12-21-11-7-10-18-14(3)17-19-15-8-5-6-9-16(15)20(17)4/h5-6,8-9,13-14,18H,7,10-12H2,1-4H3. The number of hydrogen-bond acceptors (Lipinski definition) is 3. The molecule has 0 radical (unpaired) electrons. The minimum Gasteiger partial charge on any atom is -0.381 e. The predicted molar refractivity (Wildman–Crippen MR) is 87.4 cm³/mol. The van der Waals surface area contributed by atoms with Crippen molar-refractivity contribution in [3.8, 4) is 0 Å². The van der Waals surface area contributed by atoms with E-state index in [1.54, 1.807) is 0 Å². The molecule has 0 bridgehead atoms. The molecule has 0 saturated carbocycles. The maximum absolute atomic E-state index is 5.59. The van der Waals surface area contributed by atoms with Crippen LogP contribution in [0.5, 0.6) is 0 Å². The zero-order chi connectivity index (χ0) is 15.2. The lowest BCUT2D eigenvalue weighted by atomic mass is 10.2. The molecule has 0 amide bonds. The van der Waals surface area contributed by atoms with Crippen molar-refractivity contribution in [3.05, 3.63) is 30.1 Å². The van der Waals surface area contributed by atoms with Crippen LogP contribution in [0.15, 0.2) is 24.3 Å². The van der Waals surface area contributed by atoms with Crippen molar-refractivity contribution >= 4 is 11.0 Å². The summed E-state index contributed by atoms with van der Waals surface area (Å²) in [5.41, 5.74) is 2.24. The Kier molecular flexibility index (Phi) is 5.76. The van der Waals surface area contributed by atoms with Gasteiger partial charge in [-0.1, -0.05) is 26.0 Å². The van der Waals surface area contributed by atoms with Crippen LogP contribution in [0, 0.1) is 5.92 Å². The summed E-state index contributed by atoms with van der Waals surface area (Å²) in [4.78, 5) is 4.72. The van der Waals surface area contributed by atoms with Gasteiger partial charge in [0, 0.05) is 20.3 Å². The summed E-state index contributed by atoms with van der Waals surface area (Å²) in [6.45, 7) is 9.12. The monoisotopic (exact) mass is 289 g/mol. The fourth-order valence-electron chi connectivity index (χ4n) is 2.45. The average Bonchev–Trinajstić information content (AvgIpc) is 2.80. The SMILES string of the molecule is CC(C)COCCCNC(C)c1nc2ccccc2n1C. The average molecular weight is 289 g/mol. The highest BCUT2D eigenvalue weighted by molar-refractivity contribution is 5.75. The molecule has 4 nitrogen and oxygen atoms in total. The zero-order valence-corrected chi connectivity index (χ0v) is 13.6. The number of para-hydroxylation sites is 2. The molecule has 116 valence electrons. The predicted octanol–water partition coefficient (Wildman–Crippen LogP) is 3.29. The summed E-state index contributed by atoms with van der Waals surface area (Å²) in [5.74, 6) is 1.69. The van der Waals surface area contributed by atoms with Crippen LogP contribution >= 0.6 is 0 Å². The van der Waals surface area contributed by atoms with Gasteiger partial charge in [-0.3, -0.25) is 0 Å². The van der Waals surface area contributed by atoms with E-state index in [9.17, 15) is 0 Å². The molecule has 1 N–H and O–H groups in total. The molecule has 0 aliphatic rings. The maximum Gasteiger partial charge on any atom is 0.126 e. The van der Waals surface area contributed by atoms with E-state index in [4.69, 9.17) is 9.72 Å². The van der Waals surface area contributed by atoms with E-state index < -0.39 is 0 Å². The number of imidazole rings is 1. The first kappa shape index (κ1) is 16.0. The quantitative estimate of drug-likeness (QED) is 0.758. The Bertz CT molecular complexity index is 562. The van der Waals surface area contributed by atoms with Crippen molar-refractivity contribution in [2.45, 2.75) is 33.2 Å². The van der Waals surface area contributed by atoms with Crippen LogP contribution in [0.2, 0.25) is 0 Å². The molecule has 4 heteroatoms. The summed E-state index contributed by atoms with van der Waals surface area (Å²) >= 11 is 0. The Morgan fingerprint density at radius 3 is 2.71 bits per heavy atom. The topological polar surface area (TPSA) is 39.1 Å². The molecule has 1 atom stereocenters. The first-order chi connectivity index (χ1) is 10.1. The lowest BCUT2D eigenvalue weighted by molar-refractivity contribution is 0.107. The van der Waals surface area contributed by atoms with E-state index in [0.717, 1.165) is 37.5 Å². The number of rotatable bonds is 8. The molecule has 1 unspecified atom stereocenters. The van der Waals surface area contributed by atoms with Gasteiger partial charge in [-0.25, -0.2) is 4.98 Å². The molecule has 0 aliphatic carbocycles. The first-order valence-electron chi connectivity index (χ1n) is 7.82. The molecule has 2 rings (SSSR count). The number of aromatic nitrogens is 2. The van der Waals surface area contributed by atoms with Crippen molar-refractivity contribution < 1.29 is 4.74 Å². The van der Waals surface area contributed by atoms with E-state index in [-0.39, 0.29) is 6.04 Å². The number of ether oxygens (including phenoxy) is 1. The molecule has 2 aromatic rings. The maximum atomic E-state index is 5.59. The van der Waals surface area contributed by atoms with Crippen LogP contribution in [0.1, 0.15) is 39.1 Å². The second-order valence-electron chi connectivity index (χ2n) is 6.02. The van der Waals surface area contributed by atoms with Crippen LogP contribution < -0.4 is 5.32 Å². The lowest BCUT2D eigenvalue weighted by Crippen LogP contribution is -2.23. The first-order valence-corrected chi connectivity index (χ1v) is 7.82. The third kappa shape index (κ3) is 4.29. The molecule has 1 aromatic carbocycles. The minimum atomic E-state index is 0.243. The van der Waals surface area contributed by atoms with Gasteiger partial charge < -0.3 is 14.6 Å². The Hall–Kier alpha value is -1.39. The van der Waals surface area contributed by atoms with E-state index >= 15 is 0 Å². The van der Waals surface area contributed by atoms with Gasteiger partial charge in [-0.15, -0.1) is 0 Å². The molecule has 0 aliphatic heterocycles. The lowest BCUT2D eigenvalue weighted by Gasteiger charge is -2.14. The molecule has 0 saturated heterocycles. The number of hydrogen-bond donors (Lipinski definition) is 1. The molecule has 1 heterocycles. The van der Waals surface area contributed by atoms with Crippen LogP contribution in [-0.4, -0.2) is 29.3 Å². The normalized spacial score (nSPS) is 13.2. The van der Waals surface area contributed by atoms with Gasteiger partial charge in [0.1, 0.15) is 5.82 Å². The summed E-state index contributed by atoms with van der Waals surface area (Å²) in [7, 11) is 2.08. The van der Waals surface area contributed by atoms with E-state index in [0.29, 0.717) is 5.92 Å². The van der Waals surface area contributed by atoms with Crippen LogP contribution in [0.25, 0.3) is 11.0 Å². The number of fused-ring (bicyclic) bond motifs is 1. The fourth-order valence-corrected chi connectivity index (χ4v) is 2.45. The number of aryl methyl sites for hydroxylation is 1. The summed E-state index contributed by atoms with van der Waals surface area (Å²) in [6.07, 6.45) is 1.03. The third-order valence-electron chi connectivity index (χ3n) is 3.58. The van der Waals surface area contributed by atoms with Gasteiger partial charge in [0.25, 0.3) is 0 Å². The molecule has 1 aromatic heterocycles. The summed E-state index contributed by atoms with van der Waals surface area (Å²) in [5, 5.41) is 3.53. The van der Waals surface area contributed by atoms with Crippen molar-refractivity contribution in [2.24, 2.45) is 13.0 Å². The van der Waals surface area contributed by atoms with Gasteiger partial charge in [0.15, 0.2) is 0 Å². The smallest absolute Gasteiger partial charge is 0.126 e. The fraction of sp³-hybridized carbons (Fsp3) is 0.588. The Morgan fingerprint density at radius 1 is 1.24 bits per heavy atom. The highest BCUT2D eigenvalue weighted by atomic mass is 16.5. The molecule has 21 heavy (non-hydrogen) atoms. The third-order valence-corrected chi connectivity index (χ3v) is 3.58.